The summed E-state index contributed by atoms with van der Waals surface area (Å²) >= 11 is 0. The average Bonchev–Trinajstić information content (AvgIpc) is 2.93. The fourth-order valence-corrected chi connectivity index (χ4v) is 1.93. The molecule has 1 aliphatic rings. The Morgan fingerprint density at radius 3 is 2.88 bits per heavy atom. The summed E-state index contributed by atoms with van der Waals surface area (Å²) in [6, 6.07) is 0.447. The van der Waals surface area contributed by atoms with Gasteiger partial charge in [-0.3, -0.25) is 13.8 Å². The van der Waals surface area contributed by atoms with E-state index in [1.165, 1.54) is 0 Å². The molecule has 0 unspecified atom stereocenters. The second-order valence-electron chi connectivity index (χ2n) is 4.37. The molecule has 0 aromatic carbocycles. The fraction of sp³-hybridized carbons (Fsp3) is 0.455. The lowest BCUT2D eigenvalue weighted by Crippen LogP contribution is -2.23. The van der Waals surface area contributed by atoms with Crippen molar-refractivity contribution in [1.29, 1.82) is 0 Å². The molecule has 5 nitrogen and oxygen atoms in total. The number of hydrogen-bond donors (Lipinski definition) is 0. The van der Waals surface area contributed by atoms with Crippen molar-refractivity contribution in [3.63, 3.8) is 0 Å². The van der Waals surface area contributed by atoms with Crippen LogP contribution in [0.3, 0.4) is 0 Å². The van der Waals surface area contributed by atoms with E-state index in [2.05, 4.69) is 5.10 Å². The molecule has 1 fully saturated rings. The zero-order chi connectivity index (χ0) is 11.1. The molecular weight excluding hydrogens is 204 g/mol. The second kappa shape index (κ2) is 3.37. The Morgan fingerprint density at radius 2 is 2.25 bits per heavy atom. The number of nitrogens with zero attached hydrogens (tertiary/aromatic N) is 4. The highest BCUT2D eigenvalue weighted by Gasteiger charge is 2.25. The number of rotatable bonds is 3. The predicted molar refractivity (Wildman–Crippen MR) is 59.3 cm³/mol. The third-order valence-electron chi connectivity index (χ3n) is 2.93. The molecule has 2 aromatic heterocycles. The number of aryl methyl sites for hydroxylation is 1. The maximum absolute atomic E-state index is 12.0. The lowest BCUT2D eigenvalue weighted by atomic mass is 10.3. The number of hydrogen-bond acceptors (Lipinski definition) is 2. The summed E-state index contributed by atoms with van der Waals surface area (Å²) in [5.74, 6) is 0. The van der Waals surface area contributed by atoms with E-state index in [0.717, 1.165) is 18.4 Å². The number of imidazole rings is 1. The van der Waals surface area contributed by atoms with Crippen LogP contribution in [0.1, 0.15) is 24.4 Å². The molecule has 1 saturated carbocycles. The molecule has 5 heteroatoms. The van der Waals surface area contributed by atoms with Crippen LogP contribution in [0.5, 0.6) is 0 Å². The quantitative estimate of drug-likeness (QED) is 0.763. The first-order valence-electron chi connectivity index (χ1n) is 5.49. The van der Waals surface area contributed by atoms with Gasteiger partial charge in [0.2, 0.25) is 0 Å². The van der Waals surface area contributed by atoms with Crippen LogP contribution in [0.2, 0.25) is 0 Å². The maximum Gasteiger partial charge on any atom is 0.328 e. The molecule has 0 saturated heterocycles. The van der Waals surface area contributed by atoms with Gasteiger partial charge in [-0.25, -0.2) is 4.79 Å². The van der Waals surface area contributed by atoms with Crippen molar-refractivity contribution < 1.29 is 0 Å². The summed E-state index contributed by atoms with van der Waals surface area (Å²) in [4.78, 5) is 12.0. The van der Waals surface area contributed by atoms with Crippen molar-refractivity contribution in [3.8, 4) is 0 Å². The van der Waals surface area contributed by atoms with Gasteiger partial charge >= 0.3 is 5.69 Å². The first-order valence-corrected chi connectivity index (χ1v) is 5.49. The highest BCUT2D eigenvalue weighted by atomic mass is 16.1. The third kappa shape index (κ3) is 1.58. The Kier molecular flexibility index (Phi) is 1.99. The van der Waals surface area contributed by atoms with Gasteiger partial charge < -0.3 is 0 Å². The Balaban J connectivity index is 1.87. The van der Waals surface area contributed by atoms with E-state index >= 15 is 0 Å². The van der Waals surface area contributed by atoms with Gasteiger partial charge in [-0.1, -0.05) is 0 Å². The van der Waals surface area contributed by atoms with Crippen LogP contribution >= 0.6 is 0 Å². The topological polar surface area (TPSA) is 44.8 Å². The van der Waals surface area contributed by atoms with Crippen molar-refractivity contribution in [2.75, 3.05) is 0 Å². The van der Waals surface area contributed by atoms with Crippen LogP contribution in [-0.4, -0.2) is 18.9 Å². The van der Waals surface area contributed by atoms with E-state index in [1.54, 1.807) is 15.4 Å². The molecule has 2 aromatic rings. The monoisotopic (exact) mass is 218 g/mol. The van der Waals surface area contributed by atoms with Crippen LogP contribution in [-0.2, 0) is 13.6 Å². The van der Waals surface area contributed by atoms with E-state index in [4.69, 9.17) is 0 Å². The SMILES string of the molecule is Cn1cc(Cn2ccn(C3CC3)c2=O)cn1. The molecule has 16 heavy (non-hydrogen) atoms. The van der Waals surface area contributed by atoms with E-state index in [1.807, 2.05) is 30.2 Å². The lowest BCUT2D eigenvalue weighted by molar-refractivity contribution is 0.656. The smallest absolute Gasteiger partial charge is 0.296 e. The van der Waals surface area contributed by atoms with E-state index in [-0.39, 0.29) is 5.69 Å². The van der Waals surface area contributed by atoms with Crippen LogP contribution < -0.4 is 5.69 Å². The molecule has 0 atom stereocenters. The third-order valence-corrected chi connectivity index (χ3v) is 2.93. The Bertz CT molecular complexity index is 559. The summed E-state index contributed by atoms with van der Waals surface area (Å²) in [6.07, 6.45) is 9.74. The summed E-state index contributed by atoms with van der Waals surface area (Å²) in [5, 5.41) is 4.09. The Morgan fingerprint density at radius 1 is 1.44 bits per heavy atom. The Labute approximate surface area is 92.9 Å². The molecule has 84 valence electrons. The van der Waals surface area contributed by atoms with Gasteiger partial charge in [-0.05, 0) is 12.8 Å². The minimum atomic E-state index is 0.0892. The van der Waals surface area contributed by atoms with Gasteiger partial charge in [-0.15, -0.1) is 0 Å². The zero-order valence-corrected chi connectivity index (χ0v) is 9.21. The molecule has 0 amide bonds. The predicted octanol–water partition coefficient (Wildman–Crippen LogP) is 0.766. The normalized spacial score (nSPS) is 15.6. The van der Waals surface area contributed by atoms with Crippen molar-refractivity contribution in [2.24, 2.45) is 7.05 Å². The van der Waals surface area contributed by atoms with Crippen molar-refractivity contribution in [3.05, 3.63) is 40.8 Å². The molecule has 1 aliphatic carbocycles. The van der Waals surface area contributed by atoms with Gasteiger partial charge in [0.05, 0.1) is 12.7 Å². The molecule has 0 aliphatic heterocycles. The molecule has 2 heterocycles. The van der Waals surface area contributed by atoms with Gasteiger partial charge in [0, 0.05) is 37.2 Å². The zero-order valence-electron chi connectivity index (χ0n) is 9.21. The first-order chi connectivity index (χ1) is 7.74. The summed E-state index contributed by atoms with van der Waals surface area (Å²) in [6.45, 7) is 0.604. The van der Waals surface area contributed by atoms with Crippen molar-refractivity contribution in [1.82, 2.24) is 18.9 Å². The molecule has 0 radical (unpaired) electrons. The van der Waals surface area contributed by atoms with E-state index in [9.17, 15) is 4.79 Å². The van der Waals surface area contributed by atoms with Crippen LogP contribution in [0.25, 0.3) is 0 Å². The maximum atomic E-state index is 12.0. The first kappa shape index (κ1) is 9.45. The second-order valence-corrected chi connectivity index (χ2v) is 4.37. The van der Waals surface area contributed by atoms with Gasteiger partial charge in [0.25, 0.3) is 0 Å². The van der Waals surface area contributed by atoms with Crippen LogP contribution in [0.4, 0.5) is 0 Å². The largest absolute Gasteiger partial charge is 0.328 e. The minimum absolute atomic E-state index is 0.0892. The van der Waals surface area contributed by atoms with Crippen molar-refractivity contribution >= 4 is 0 Å². The van der Waals surface area contributed by atoms with E-state index < -0.39 is 0 Å². The summed E-state index contributed by atoms with van der Waals surface area (Å²) in [5.41, 5.74) is 1.14. The fourth-order valence-electron chi connectivity index (χ4n) is 1.93. The van der Waals surface area contributed by atoms with Crippen molar-refractivity contribution in [2.45, 2.75) is 25.4 Å². The minimum Gasteiger partial charge on any atom is -0.296 e. The molecular formula is C11H14N4O. The summed E-state index contributed by atoms with van der Waals surface area (Å²) in [7, 11) is 1.88. The molecule has 0 bridgehead atoms. The summed E-state index contributed by atoms with van der Waals surface area (Å²) < 4.78 is 5.31. The standard InChI is InChI=1S/C11H14N4O/c1-13-7-9(6-12-13)8-14-4-5-15(11(14)16)10-2-3-10/h4-7,10H,2-3,8H2,1H3. The molecule has 3 rings (SSSR count). The highest BCUT2D eigenvalue weighted by molar-refractivity contribution is 5.05. The molecule has 0 N–H and O–H groups in total. The number of aromatic nitrogens is 4. The van der Waals surface area contributed by atoms with Gasteiger partial charge in [0.15, 0.2) is 0 Å². The molecule has 0 spiro atoms. The Hall–Kier alpha value is -1.78. The van der Waals surface area contributed by atoms with E-state index in [0.29, 0.717) is 12.6 Å². The highest BCUT2D eigenvalue weighted by Crippen LogP contribution is 2.33. The van der Waals surface area contributed by atoms with Gasteiger partial charge in [-0.2, -0.15) is 5.10 Å². The van der Waals surface area contributed by atoms with Crippen LogP contribution in [0, 0.1) is 0 Å². The van der Waals surface area contributed by atoms with Crippen LogP contribution in [0.15, 0.2) is 29.6 Å². The lowest BCUT2D eigenvalue weighted by Gasteiger charge is -1.98. The average molecular weight is 218 g/mol. The van der Waals surface area contributed by atoms with Gasteiger partial charge in [0.1, 0.15) is 0 Å².